The highest BCUT2D eigenvalue weighted by Gasteiger charge is 2.29. The third-order valence-corrected chi connectivity index (χ3v) is 3.15. The molecule has 3 nitrogen and oxygen atoms in total. The van der Waals surface area contributed by atoms with Crippen molar-refractivity contribution in [1.29, 1.82) is 0 Å². The van der Waals surface area contributed by atoms with Gasteiger partial charge in [-0.25, -0.2) is 8.78 Å². The van der Waals surface area contributed by atoms with Gasteiger partial charge in [-0.2, -0.15) is 0 Å². The second-order valence-electron chi connectivity index (χ2n) is 4.45. The first-order valence-electron chi connectivity index (χ1n) is 5.54. The van der Waals surface area contributed by atoms with Crippen molar-refractivity contribution in [2.24, 2.45) is 5.92 Å². The zero-order valence-corrected chi connectivity index (χ0v) is 9.16. The summed E-state index contributed by atoms with van der Waals surface area (Å²) in [7, 11) is 0. The molecular formula is C12H13F2NO2. The van der Waals surface area contributed by atoms with E-state index in [2.05, 4.69) is 0 Å². The van der Waals surface area contributed by atoms with Crippen molar-refractivity contribution in [2.45, 2.75) is 18.9 Å². The minimum absolute atomic E-state index is 0.169. The summed E-state index contributed by atoms with van der Waals surface area (Å²) in [6.07, 6.45) is 1.08. The van der Waals surface area contributed by atoms with Crippen molar-refractivity contribution in [2.75, 3.05) is 6.54 Å². The first-order chi connectivity index (χ1) is 8.06. The quantitative estimate of drug-likeness (QED) is 0.754. The van der Waals surface area contributed by atoms with Crippen LogP contribution in [-0.4, -0.2) is 18.6 Å². The Morgan fingerprint density at radius 3 is 2.76 bits per heavy atom. The number of benzene rings is 1. The lowest BCUT2D eigenvalue weighted by atomic mass is 9.96. The monoisotopic (exact) mass is 241 g/mol. The van der Waals surface area contributed by atoms with Crippen molar-refractivity contribution in [3.63, 3.8) is 0 Å². The highest BCUT2D eigenvalue weighted by molar-refractivity contribution is 5.69. The van der Waals surface area contributed by atoms with Crippen LogP contribution in [0.1, 0.15) is 12.0 Å². The summed E-state index contributed by atoms with van der Waals surface area (Å²) in [6.45, 7) is 0.678. The van der Waals surface area contributed by atoms with Crippen molar-refractivity contribution < 1.29 is 24.0 Å². The van der Waals surface area contributed by atoms with Gasteiger partial charge in [-0.15, -0.1) is 0 Å². The fourth-order valence-electron chi connectivity index (χ4n) is 2.27. The van der Waals surface area contributed by atoms with Gasteiger partial charge in [-0.1, -0.05) is 6.07 Å². The van der Waals surface area contributed by atoms with E-state index in [1.54, 1.807) is 5.32 Å². The molecule has 1 aliphatic heterocycles. The second kappa shape index (κ2) is 4.79. The molecule has 0 amide bonds. The average molecular weight is 241 g/mol. The lowest BCUT2D eigenvalue weighted by Gasteiger charge is -2.08. The van der Waals surface area contributed by atoms with Crippen LogP contribution in [0.15, 0.2) is 18.2 Å². The first kappa shape index (κ1) is 12.0. The minimum Gasteiger partial charge on any atom is -0.544 e. The Balaban J connectivity index is 1.98. The summed E-state index contributed by atoms with van der Waals surface area (Å²) in [6, 6.07) is 3.29. The van der Waals surface area contributed by atoms with Crippen LogP contribution in [0.4, 0.5) is 8.78 Å². The lowest BCUT2D eigenvalue weighted by molar-refractivity contribution is -0.666. The Kier molecular flexibility index (Phi) is 3.38. The predicted molar refractivity (Wildman–Crippen MR) is 53.8 cm³/mol. The van der Waals surface area contributed by atoms with Gasteiger partial charge in [0.1, 0.15) is 6.04 Å². The molecule has 0 spiro atoms. The van der Waals surface area contributed by atoms with Crippen LogP contribution in [-0.2, 0) is 11.2 Å². The number of hydrogen-bond donors (Lipinski definition) is 1. The number of carbonyl (C=O) groups is 1. The number of rotatable bonds is 3. The fourth-order valence-corrected chi connectivity index (χ4v) is 2.27. The van der Waals surface area contributed by atoms with E-state index in [9.17, 15) is 18.7 Å². The number of carboxylic acid groups (broad SMARTS) is 1. The van der Waals surface area contributed by atoms with Crippen LogP contribution in [0, 0.1) is 17.6 Å². The number of halogens is 2. The molecule has 2 N–H and O–H groups in total. The number of hydrogen-bond acceptors (Lipinski definition) is 2. The summed E-state index contributed by atoms with van der Waals surface area (Å²) in [5.41, 5.74) is 0.696. The van der Waals surface area contributed by atoms with Gasteiger partial charge in [0.15, 0.2) is 11.6 Å². The van der Waals surface area contributed by atoms with Gasteiger partial charge >= 0.3 is 0 Å². The van der Waals surface area contributed by atoms with Crippen LogP contribution in [0.5, 0.6) is 0 Å². The molecule has 1 fully saturated rings. The molecule has 2 atom stereocenters. The van der Waals surface area contributed by atoms with Crippen molar-refractivity contribution >= 4 is 5.97 Å². The lowest BCUT2D eigenvalue weighted by Crippen LogP contribution is -2.90. The summed E-state index contributed by atoms with van der Waals surface area (Å²) >= 11 is 0. The number of carbonyl (C=O) groups excluding carboxylic acids is 1. The molecule has 0 aromatic heterocycles. The second-order valence-corrected chi connectivity index (χ2v) is 4.45. The SMILES string of the molecule is O=C([O-])[C@@H]1C[C@@H](Cc2ccc(F)c(F)c2)C[NH2+]1. The molecule has 1 aromatic rings. The maximum absolute atomic E-state index is 13.0. The van der Waals surface area contributed by atoms with Crippen molar-refractivity contribution in [3.8, 4) is 0 Å². The third-order valence-electron chi connectivity index (χ3n) is 3.15. The summed E-state index contributed by atoms with van der Waals surface area (Å²) < 4.78 is 25.7. The minimum atomic E-state index is -1.06. The molecule has 0 unspecified atom stereocenters. The van der Waals surface area contributed by atoms with Gasteiger partial charge in [0.05, 0.1) is 12.5 Å². The molecule has 1 saturated heterocycles. The Hall–Kier alpha value is -1.49. The maximum Gasteiger partial charge on any atom is 0.159 e. The highest BCUT2D eigenvalue weighted by Crippen LogP contribution is 2.17. The molecule has 5 heteroatoms. The van der Waals surface area contributed by atoms with Gasteiger partial charge in [-0.3, -0.25) is 0 Å². The summed E-state index contributed by atoms with van der Waals surface area (Å²) in [5, 5.41) is 12.4. The molecule has 17 heavy (non-hydrogen) atoms. The molecule has 0 aliphatic carbocycles. The predicted octanol–water partition coefficient (Wildman–Crippen LogP) is -0.791. The van der Waals surface area contributed by atoms with Gasteiger partial charge in [0.25, 0.3) is 0 Å². The Morgan fingerprint density at radius 1 is 1.41 bits per heavy atom. The van der Waals surface area contributed by atoms with Gasteiger partial charge < -0.3 is 15.2 Å². The van der Waals surface area contributed by atoms with Gasteiger partial charge in [-0.05, 0) is 24.1 Å². The smallest absolute Gasteiger partial charge is 0.159 e. The zero-order chi connectivity index (χ0) is 12.4. The third kappa shape index (κ3) is 2.79. The van der Waals surface area contributed by atoms with Crippen LogP contribution in [0.25, 0.3) is 0 Å². The largest absolute Gasteiger partial charge is 0.544 e. The molecule has 1 heterocycles. The molecule has 2 rings (SSSR count). The average Bonchev–Trinajstić information content (AvgIpc) is 2.72. The number of quaternary nitrogens is 1. The molecule has 1 aromatic carbocycles. The summed E-state index contributed by atoms with van der Waals surface area (Å²) in [5.74, 6) is -2.61. The number of aliphatic carboxylic acids is 1. The van der Waals surface area contributed by atoms with Crippen LogP contribution < -0.4 is 10.4 Å². The van der Waals surface area contributed by atoms with E-state index in [1.807, 2.05) is 0 Å². The van der Waals surface area contributed by atoms with E-state index in [0.717, 1.165) is 6.07 Å². The molecule has 92 valence electrons. The summed E-state index contributed by atoms with van der Waals surface area (Å²) in [4.78, 5) is 10.6. The van der Waals surface area contributed by atoms with E-state index in [0.29, 0.717) is 24.9 Å². The first-order valence-corrected chi connectivity index (χ1v) is 5.54. The topological polar surface area (TPSA) is 56.7 Å². The molecule has 0 bridgehead atoms. The number of carboxylic acids is 1. The van der Waals surface area contributed by atoms with Crippen LogP contribution in [0.2, 0.25) is 0 Å². The Morgan fingerprint density at radius 2 is 2.18 bits per heavy atom. The van der Waals surface area contributed by atoms with Crippen LogP contribution >= 0.6 is 0 Å². The molecule has 0 radical (unpaired) electrons. The maximum atomic E-state index is 13.0. The van der Waals surface area contributed by atoms with E-state index in [-0.39, 0.29) is 5.92 Å². The fraction of sp³-hybridized carbons (Fsp3) is 0.417. The molecule has 0 saturated carbocycles. The van der Waals surface area contributed by atoms with Crippen molar-refractivity contribution in [1.82, 2.24) is 0 Å². The van der Waals surface area contributed by atoms with E-state index in [1.165, 1.54) is 12.1 Å². The molecule has 1 aliphatic rings. The van der Waals surface area contributed by atoms with Gasteiger partial charge in [0, 0.05) is 12.3 Å². The van der Waals surface area contributed by atoms with E-state index < -0.39 is 23.6 Å². The Labute approximate surface area is 97.5 Å². The highest BCUT2D eigenvalue weighted by atomic mass is 19.2. The van der Waals surface area contributed by atoms with Crippen molar-refractivity contribution in [3.05, 3.63) is 35.4 Å². The standard InChI is InChI=1S/C12H13F2NO2/c13-9-2-1-7(4-10(9)14)3-8-5-11(12(16)17)15-6-8/h1-2,4,8,11,15H,3,5-6H2,(H,16,17)/t8-,11+/m1/s1. The number of nitrogens with two attached hydrogens (primary N) is 1. The Bertz CT molecular complexity index is 437. The van der Waals surface area contributed by atoms with E-state index in [4.69, 9.17) is 0 Å². The van der Waals surface area contributed by atoms with Crippen LogP contribution in [0.3, 0.4) is 0 Å². The normalized spacial score (nSPS) is 23.9. The van der Waals surface area contributed by atoms with Gasteiger partial charge in [0.2, 0.25) is 0 Å². The van der Waals surface area contributed by atoms with E-state index >= 15 is 0 Å². The zero-order valence-electron chi connectivity index (χ0n) is 9.16. The molecular weight excluding hydrogens is 228 g/mol.